The van der Waals surface area contributed by atoms with E-state index >= 15 is 0 Å². The second kappa shape index (κ2) is 3.55. The molecular weight excluding hydrogens is 226 g/mol. The van der Waals surface area contributed by atoms with Crippen molar-refractivity contribution in [1.82, 2.24) is 10.2 Å². The van der Waals surface area contributed by atoms with E-state index in [0.29, 0.717) is 5.76 Å². The van der Waals surface area contributed by atoms with Crippen LogP contribution in [0.25, 0.3) is 11.7 Å². The van der Waals surface area contributed by atoms with Crippen LogP contribution in [0.4, 0.5) is 6.01 Å². The highest BCUT2D eigenvalue weighted by atomic mass is 16.4. The van der Waals surface area contributed by atoms with E-state index in [0.717, 1.165) is 0 Å². The van der Waals surface area contributed by atoms with Crippen molar-refractivity contribution in [2.24, 2.45) is 0 Å². The summed E-state index contributed by atoms with van der Waals surface area (Å²) in [6, 6.07) is 3.37. The minimum absolute atomic E-state index is 0.0153. The Kier molecular flexibility index (Phi) is 2.04. The highest BCUT2D eigenvalue weighted by molar-refractivity contribution is 6.14. The van der Waals surface area contributed by atoms with Crippen LogP contribution in [0.1, 0.15) is 6.42 Å². The third-order valence-corrected chi connectivity index (χ3v) is 2.36. The number of furan rings is 1. The molecule has 0 N–H and O–H groups in total. The number of rotatable bonds is 2. The van der Waals surface area contributed by atoms with Crippen LogP contribution >= 0.6 is 0 Å². The maximum absolute atomic E-state index is 11.4. The van der Waals surface area contributed by atoms with Crippen LogP contribution in [-0.2, 0) is 9.59 Å². The molecule has 0 bridgehead atoms. The number of hydrogen-bond donors (Lipinski definition) is 0. The fraction of sp³-hybridized carbons (Fsp3) is 0.200. The van der Waals surface area contributed by atoms with Gasteiger partial charge in [0.15, 0.2) is 11.5 Å². The lowest BCUT2D eigenvalue weighted by molar-refractivity contribution is -0.121. The van der Waals surface area contributed by atoms with Gasteiger partial charge in [0, 0.05) is 0 Å². The highest BCUT2D eigenvalue weighted by Gasteiger charge is 2.32. The van der Waals surface area contributed by atoms with E-state index < -0.39 is 0 Å². The van der Waals surface area contributed by atoms with Gasteiger partial charge >= 0.3 is 6.01 Å². The molecule has 17 heavy (non-hydrogen) atoms. The summed E-state index contributed by atoms with van der Waals surface area (Å²) in [5, 5.41) is 7.46. The van der Waals surface area contributed by atoms with Gasteiger partial charge in [-0.05, 0) is 12.1 Å². The van der Waals surface area contributed by atoms with E-state index in [-0.39, 0.29) is 36.6 Å². The maximum Gasteiger partial charge on any atom is 0.325 e. The van der Waals surface area contributed by atoms with Crippen molar-refractivity contribution in [2.45, 2.75) is 6.42 Å². The molecule has 2 aromatic heterocycles. The molecule has 0 aliphatic carbocycles. The third kappa shape index (κ3) is 1.61. The smallest absolute Gasteiger partial charge is 0.325 e. The van der Waals surface area contributed by atoms with E-state index in [1.165, 1.54) is 11.2 Å². The largest absolute Gasteiger partial charge is 0.459 e. The first-order chi connectivity index (χ1) is 8.24. The molecule has 0 spiro atoms. The SMILES string of the molecule is O=C1CC(=O)N(c2nnc(-c3ccco3)o2)C1. The molecule has 0 atom stereocenters. The Bertz CT molecular complexity index is 572. The summed E-state index contributed by atoms with van der Waals surface area (Å²) < 4.78 is 10.3. The molecule has 0 unspecified atom stereocenters. The van der Waals surface area contributed by atoms with Crippen molar-refractivity contribution in [3.63, 3.8) is 0 Å². The Labute approximate surface area is 95.0 Å². The van der Waals surface area contributed by atoms with Crippen molar-refractivity contribution in [3.8, 4) is 11.7 Å². The normalized spacial score (nSPS) is 15.9. The van der Waals surface area contributed by atoms with Gasteiger partial charge in [0.05, 0.1) is 19.2 Å². The molecule has 0 saturated carbocycles. The minimum Gasteiger partial charge on any atom is -0.459 e. The molecule has 1 aliphatic rings. The summed E-state index contributed by atoms with van der Waals surface area (Å²) in [6.45, 7) is -0.0153. The van der Waals surface area contributed by atoms with Crippen LogP contribution < -0.4 is 4.90 Å². The lowest BCUT2D eigenvalue weighted by atomic mass is 10.3. The summed E-state index contributed by atoms with van der Waals surface area (Å²) in [5.74, 6) is 0.108. The summed E-state index contributed by atoms with van der Waals surface area (Å²) in [7, 11) is 0. The zero-order chi connectivity index (χ0) is 11.8. The fourth-order valence-corrected chi connectivity index (χ4v) is 1.58. The molecule has 2 aromatic rings. The maximum atomic E-state index is 11.4. The van der Waals surface area contributed by atoms with E-state index in [2.05, 4.69) is 10.2 Å². The predicted molar refractivity (Wildman–Crippen MR) is 54.0 cm³/mol. The average molecular weight is 233 g/mol. The number of carbonyl (C=O) groups is 2. The van der Waals surface area contributed by atoms with Gasteiger partial charge in [-0.1, -0.05) is 5.10 Å². The molecular formula is C10H7N3O4. The lowest BCUT2D eigenvalue weighted by Crippen LogP contribution is -2.24. The number of carbonyl (C=O) groups excluding carboxylic acids is 2. The van der Waals surface area contributed by atoms with Crippen LogP contribution in [0.3, 0.4) is 0 Å². The molecule has 7 heteroatoms. The molecule has 1 saturated heterocycles. The van der Waals surface area contributed by atoms with Gasteiger partial charge in [-0.25, -0.2) is 0 Å². The van der Waals surface area contributed by atoms with Crippen molar-refractivity contribution in [2.75, 3.05) is 11.4 Å². The van der Waals surface area contributed by atoms with Gasteiger partial charge < -0.3 is 8.83 Å². The molecule has 3 heterocycles. The summed E-state index contributed by atoms with van der Waals surface area (Å²) in [6.07, 6.45) is 1.36. The Morgan fingerprint density at radius 2 is 2.18 bits per heavy atom. The Morgan fingerprint density at radius 3 is 2.82 bits per heavy atom. The van der Waals surface area contributed by atoms with E-state index in [4.69, 9.17) is 8.83 Å². The van der Waals surface area contributed by atoms with Crippen LogP contribution in [0, 0.1) is 0 Å². The number of ketones is 1. The Hall–Kier alpha value is -2.44. The number of amides is 1. The van der Waals surface area contributed by atoms with Gasteiger partial charge in [-0.15, -0.1) is 5.10 Å². The number of aromatic nitrogens is 2. The summed E-state index contributed by atoms with van der Waals surface area (Å²) in [4.78, 5) is 23.7. The van der Waals surface area contributed by atoms with Crippen molar-refractivity contribution < 1.29 is 18.4 Å². The summed E-state index contributed by atoms with van der Waals surface area (Å²) >= 11 is 0. The van der Waals surface area contributed by atoms with Crippen LogP contribution in [0.2, 0.25) is 0 Å². The van der Waals surface area contributed by atoms with E-state index in [1.807, 2.05) is 0 Å². The lowest BCUT2D eigenvalue weighted by Gasteiger charge is -2.06. The first-order valence-corrected chi connectivity index (χ1v) is 4.93. The van der Waals surface area contributed by atoms with Gasteiger partial charge in [0.2, 0.25) is 5.91 Å². The van der Waals surface area contributed by atoms with Crippen LogP contribution in [0.15, 0.2) is 27.2 Å². The zero-order valence-corrected chi connectivity index (χ0v) is 8.62. The molecule has 86 valence electrons. The Balaban J connectivity index is 1.91. The van der Waals surface area contributed by atoms with Crippen LogP contribution in [-0.4, -0.2) is 28.4 Å². The van der Waals surface area contributed by atoms with Crippen molar-refractivity contribution in [3.05, 3.63) is 18.4 Å². The fourth-order valence-electron chi connectivity index (χ4n) is 1.58. The molecule has 0 radical (unpaired) electrons. The van der Waals surface area contributed by atoms with Crippen LogP contribution in [0.5, 0.6) is 0 Å². The second-order valence-electron chi connectivity index (χ2n) is 3.56. The highest BCUT2D eigenvalue weighted by Crippen LogP contribution is 2.24. The number of Topliss-reactive ketones (excluding diaryl/α,β-unsaturated/α-hetero) is 1. The third-order valence-electron chi connectivity index (χ3n) is 2.36. The molecule has 1 aliphatic heterocycles. The molecule has 7 nitrogen and oxygen atoms in total. The quantitative estimate of drug-likeness (QED) is 0.707. The molecule has 1 fully saturated rings. The standard InChI is InChI=1S/C10H7N3O4/c14-6-4-8(15)13(5-6)10-12-11-9(17-10)7-2-1-3-16-7/h1-3H,4-5H2. The topological polar surface area (TPSA) is 89.4 Å². The predicted octanol–water partition coefficient (Wildman–Crippen LogP) is 0.635. The first kappa shape index (κ1) is 9.76. The Morgan fingerprint density at radius 1 is 1.29 bits per heavy atom. The monoisotopic (exact) mass is 233 g/mol. The first-order valence-electron chi connectivity index (χ1n) is 4.93. The molecule has 1 amide bonds. The van der Waals surface area contributed by atoms with Crippen molar-refractivity contribution >= 4 is 17.7 Å². The van der Waals surface area contributed by atoms with E-state index in [9.17, 15) is 9.59 Å². The van der Waals surface area contributed by atoms with Gasteiger partial charge in [-0.3, -0.25) is 14.5 Å². The minimum atomic E-state index is -0.329. The number of anilines is 1. The van der Waals surface area contributed by atoms with Gasteiger partial charge in [0.1, 0.15) is 0 Å². The van der Waals surface area contributed by atoms with Crippen molar-refractivity contribution in [1.29, 1.82) is 0 Å². The second-order valence-corrected chi connectivity index (χ2v) is 3.56. The van der Waals surface area contributed by atoms with Gasteiger partial charge in [-0.2, -0.15) is 0 Å². The average Bonchev–Trinajstić information content (AvgIpc) is 2.97. The number of hydrogen-bond acceptors (Lipinski definition) is 6. The summed E-state index contributed by atoms with van der Waals surface area (Å²) in [5.41, 5.74) is 0. The zero-order valence-electron chi connectivity index (χ0n) is 8.62. The molecule has 0 aromatic carbocycles. The molecule has 3 rings (SSSR count). The number of nitrogens with zero attached hydrogens (tertiary/aromatic N) is 3. The van der Waals surface area contributed by atoms with Gasteiger partial charge in [0.25, 0.3) is 5.89 Å². The van der Waals surface area contributed by atoms with E-state index in [1.54, 1.807) is 12.1 Å².